The highest BCUT2D eigenvalue weighted by molar-refractivity contribution is 9.22. The lowest BCUT2D eigenvalue weighted by molar-refractivity contribution is 0.642. The van der Waals surface area contributed by atoms with Gasteiger partial charge in [0.15, 0.2) is 0 Å². The predicted molar refractivity (Wildman–Crippen MR) is 58.9 cm³/mol. The number of hydrogen-bond donors (Lipinski definition) is 3. The van der Waals surface area contributed by atoms with E-state index in [1.54, 1.807) is 0 Å². The van der Waals surface area contributed by atoms with Crippen LogP contribution in [-0.2, 0) is 17.9 Å². The highest BCUT2D eigenvalue weighted by Gasteiger charge is 2.32. The molecule has 0 amide bonds. The van der Waals surface area contributed by atoms with Crippen molar-refractivity contribution in [2.75, 3.05) is 31.3 Å². The molecule has 74 valence electrons. The molecule has 0 unspecified atom stereocenters. The van der Waals surface area contributed by atoms with Crippen molar-refractivity contribution in [1.29, 1.82) is 0 Å². The molecule has 1 N–H and O–H groups in total. The van der Waals surface area contributed by atoms with E-state index >= 15 is 0 Å². The molecule has 3 nitrogen and oxygen atoms in total. The Morgan fingerprint density at radius 1 is 1.00 bits per heavy atom. The molecule has 0 aliphatic rings. The van der Waals surface area contributed by atoms with Crippen LogP contribution in [0, 0.1) is 0 Å². The van der Waals surface area contributed by atoms with Gasteiger partial charge in [0.05, 0.1) is 0 Å². The van der Waals surface area contributed by atoms with E-state index in [1.165, 1.54) is 31.3 Å². The van der Waals surface area contributed by atoms with Crippen LogP contribution in [0.5, 0.6) is 0 Å². The van der Waals surface area contributed by atoms with Gasteiger partial charge in [0, 0.05) is 6.26 Å². The Balaban J connectivity index is 5.08. The maximum Gasteiger partial charge on any atom is 0.00643 e. The molecule has 6 heteroatoms. The Labute approximate surface area is 70.7 Å². The zero-order valence-corrected chi connectivity index (χ0v) is 10.2. The fraction of sp³-hybridized carbons (Fsp3) is 1.00. The van der Waals surface area contributed by atoms with E-state index in [9.17, 15) is 13.0 Å². The van der Waals surface area contributed by atoms with E-state index in [1.807, 2.05) is 0 Å². The summed E-state index contributed by atoms with van der Waals surface area (Å²) in [6.45, 7) is 0. The van der Waals surface area contributed by atoms with Crippen LogP contribution in [0.4, 0.5) is 0 Å². The van der Waals surface area contributed by atoms with Crippen molar-refractivity contribution in [3.8, 4) is 0 Å². The van der Waals surface area contributed by atoms with Gasteiger partial charge in [0.25, 0.3) is 0 Å². The summed E-state index contributed by atoms with van der Waals surface area (Å²) in [5.41, 5.74) is 0. The zero-order chi connectivity index (χ0) is 9.50. The summed E-state index contributed by atoms with van der Waals surface area (Å²) in [7, 11) is -7.63. The number of rotatable bonds is 2. The van der Waals surface area contributed by atoms with Gasteiger partial charge in [-0.3, -0.25) is 8.42 Å². The summed E-state index contributed by atoms with van der Waals surface area (Å²) in [6.07, 6.45) is 7.42. The zero-order valence-electron chi connectivity index (χ0n) is 7.57. The minimum absolute atomic E-state index is 1.47. The van der Waals surface area contributed by atoms with Crippen molar-refractivity contribution >= 4 is 26.3 Å². The van der Waals surface area contributed by atoms with Crippen molar-refractivity contribution in [3.63, 3.8) is 0 Å². The van der Waals surface area contributed by atoms with Gasteiger partial charge in [-0.1, -0.05) is 17.9 Å². The smallest absolute Gasteiger partial charge is 0.00643 e. The minimum Gasteiger partial charge on any atom is -0.332 e. The maximum absolute atomic E-state index is 11.5. The van der Waals surface area contributed by atoms with E-state index in [4.69, 9.17) is 0 Å². The van der Waals surface area contributed by atoms with E-state index < -0.39 is 26.3 Å². The molecular weight excluding hydrogens is 204 g/mol. The summed E-state index contributed by atoms with van der Waals surface area (Å²) >= 11 is 0. The van der Waals surface area contributed by atoms with Crippen LogP contribution in [-0.4, -0.2) is 44.2 Å². The molecule has 0 radical (unpaired) electrons. The lowest BCUT2D eigenvalue weighted by Gasteiger charge is -2.43. The molecule has 0 aliphatic carbocycles. The number of thiol groups is 2. The van der Waals surface area contributed by atoms with E-state index in [0.29, 0.717) is 0 Å². The molecule has 0 atom stereocenters. The molecule has 0 bridgehead atoms. The molecule has 0 aromatic heterocycles. The van der Waals surface area contributed by atoms with E-state index in [-0.39, 0.29) is 0 Å². The van der Waals surface area contributed by atoms with Gasteiger partial charge in [0.2, 0.25) is 0 Å². The molecule has 11 heavy (non-hydrogen) atoms. The Kier molecular flexibility index (Phi) is 2.99. The summed E-state index contributed by atoms with van der Waals surface area (Å²) < 4.78 is 32.7. The molecular formula is C5H18O3S3. The summed E-state index contributed by atoms with van der Waals surface area (Å²) in [5.74, 6) is 0. The first-order valence-electron chi connectivity index (χ1n) is 3.11. The Morgan fingerprint density at radius 2 is 1.18 bits per heavy atom. The third kappa shape index (κ3) is 2.27. The van der Waals surface area contributed by atoms with Crippen LogP contribution in [0.3, 0.4) is 0 Å². The molecule has 0 spiro atoms. The third-order valence-corrected chi connectivity index (χ3v) is 22.1. The van der Waals surface area contributed by atoms with Crippen molar-refractivity contribution in [2.45, 2.75) is 0 Å². The quantitative estimate of drug-likeness (QED) is 0.464. The van der Waals surface area contributed by atoms with Crippen LogP contribution in [0.15, 0.2) is 0 Å². The summed E-state index contributed by atoms with van der Waals surface area (Å²) in [4.78, 5) is 0. The average molecular weight is 222 g/mol. The molecule has 0 fully saturated rings. The lowest BCUT2D eigenvalue weighted by Crippen LogP contribution is -2.27. The second-order valence-corrected chi connectivity index (χ2v) is 20.3. The molecule has 0 heterocycles. The fourth-order valence-corrected chi connectivity index (χ4v) is 12.8. The molecule has 0 aromatic rings. The standard InChI is InChI=1S/C5H18O3S3/c1-9(2,6)11(5,8)10(3,4)7/h8-10H,1-5H3. The van der Waals surface area contributed by atoms with Gasteiger partial charge in [-0.2, -0.15) is 0 Å². The van der Waals surface area contributed by atoms with Gasteiger partial charge in [-0.15, -0.1) is 0 Å². The maximum atomic E-state index is 11.5. The van der Waals surface area contributed by atoms with Crippen LogP contribution in [0.2, 0.25) is 0 Å². The molecule has 0 saturated carbocycles. The normalized spacial score (nSPS) is 25.3. The van der Waals surface area contributed by atoms with Crippen molar-refractivity contribution in [1.82, 2.24) is 0 Å². The van der Waals surface area contributed by atoms with Gasteiger partial charge >= 0.3 is 0 Å². The Bertz CT molecular complexity index is 209. The minimum atomic E-state index is -2.61. The summed E-state index contributed by atoms with van der Waals surface area (Å²) in [6, 6.07) is 0. The van der Waals surface area contributed by atoms with E-state index in [0.717, 1.165) is 0 Å². The predicted octanol–water partition coefficient (Wildman–Crippen LogP) is 0.276. The Morgan fingerprint density at radius 3 is 1.18 bits per heavy atom. The van der Waals surface area contributed by atoms with Crippen LogP contribution in [0.1, 0.15) is 0 Å². The fourth-order valence-electron chi connectivity index (χ4n) is 0.474. The van der Waals surface area contributed by atoms with Crippen molar-refractivity contribution in [2.24, 2.45) is 0 Å². The Hall–Kier alpha value is 0.610. The van der Waals surface area contributed by atoms with Gasteiger partial charge in [-0.05, 0) is 33.4 Å². The first kappa shape index (κ1) is 11.6. The van der Waals surface area contributed by atoms with Crippen LogP contribution < -0.4 is 0 Å². The first-order valence-corrected chi connectivity index (χ1v) is 11.5. The molecule has 0 aromatic carbocycles. The monoisotopic (exact) mass is 222 g/mol. The number of hydrogen-bond acceptors (Lipinski definition) is 3. The average Bonchev–Trinajstić information content (AvgIpc) is 1.58. The lowest BCUT2D eigenvalue weighted by atomic mass is 11.9. The largest absolute Gasteiger partial charge is 0.332 e. The van der Waals surface area contributed by atoms with Crippen molar-refractivity contribution in [3.05, 3.63) is 0 Å². The highest BCUT2D eigenvalue weighted by Crippen LogP contribution is 2.56. The molecule has 0 rings (SSSR count). The van der Waals surface area contributed by atoms with Gasteiger partial charge < -0.3 is 4.55 Å². The van der Waals surface area contributed by atoms with E-state index in [2.05, 4.69) is 0 Å². The molecule has 0 aliphatic heterocycles. The van der Waals surface area contributed by atoms with Crippen molar-refractivity contribution < 1.29 is 13.0 Å². The second kappa shape index (κ2) is 2.83. The van der Waals surface area contributed by atoms with Gasteiger partial charge in [-0.25, -0.2) is 0 Å². The summed E-state index contributed by atoms with van der Waals surface area (Å²) in [5, 5.41) is 0. The molecule has 0 saturated heterocycles. The van der Waals surface area contributed by atoms with Crippen LogP contribution in [0.25, 0.3) is 0 Å². The second-order valence-electron chi connectivity index (χ2n) is 3.30. The SMILES string of the molecule is CS(O)([SH](C)(C)=O)[SH](C)(C)=O. The highest BCUT2D eigenvalue weighted by atomic mass is 33.6. The first-order chi connectivity index (χ1) is 4.50. The topological polar surface area (TPSA) is 54.4 Å². The van der Waals surface area contributed by atoms with Crippen LogP contribution >= 0.6 is 8.37 Å². The third-order valence-electron chi connectivity index (χ3n) is 1.67. The van der Waals surface area contributed by atoms with Gasteiger partial charge in [0.1, 0.15) is 0 Å².